The highest BCUT2D eigenvalue weighted by Crippen LogP contribution is 2.19. The van der Waals surface area contributed by atoms with E-state index < -0.39 is 0 Å². The van der Waals surface area contributed by atoms with Crippen molar-refractivity contribution >= 4 is 15.9 Å². The van der Waals surface area contributed by atoms with Crippen LogP contribution in [0.3, 0.4) is 0 Å². The first-order valence-electron chi connectivity index (χ1n) is 5.40. The number of alkyl halides is 1. The fraction of sp³-hybridized carbons (Fsp3) is 0.308. The van der Waals surface area contributed by atoms with Crippen molar-refractivity contribution in [3.05, 3.63) is 53.9 Å². The van der Waals surface area contributed by atoms with Gasteiger partial charge in [-0.05, 0) is 18.6 Å². The fourth-order valence-electron chi connectivity index (χ4n) is 1.76. The van der Waals surface area contributed by atoms with Crippen LogP contribution in [-0.4, -0.2) is 15.1 Å². The summed E-state index contributed by atoms with van der Waals surface area (Å²) >= 11 is 3.58. The first-order valence-corrected chi connectivity index (χ1v) is 6.52. The predicted octanol–water partition coefficient (Wildman–Crippen LogP) is 3.37. The van der Waals surface area contributed by atoms with Crippen molar-refractivity contribution in [3.63, 3.8) is 0 Å². The Labute approximate surface area is 104 Å². The van der Waals surface area contributed by atoms with Crippen LogP contribution in [0.25, 0.3) is 0 Å². The van der Waals surface area contributed by atoms with E-state index in [1.165, 1.54) is 5.56 Å². The minimum absolute atomic E-state index is 0.473. The highest BCUT2D eigenvalue weighted by Gasteiger charge is 2.10. The van der Waals surface area contributed by atoms with Gasteiger partial charge < -0.3 is 0 Å². The van der Waals surface area contributed by atoms with Crippen LogP contribution in [0.15, 0.2) is 42.6 Å². The van der Waals surface area contributed by atoms with Crippen LogP contribution in [0, 0.1) is 6.92 Å². The largest absolute Gasteiger partial charge is 0.272 e. The minimum Gasteiger partial charge on any atom is -0.272 e. The summed E-state index contributed by atoms with van der Waals surface area (Å²) in [5.74, 6) is 0.473. The number of aryl methyl sites for hydroxylation is 1. The van der Waals surface area contributed by atoms with E-state index in [1.807, 2.05) is 29.9 Å². The second kappa shape index (κ2) is 5.30. The van der Waals surface area contributed by atoms with Crippen LogP contribution in [0.2, 0.25) is 0 Å². The van der Waals surface area contributed by atoms with Gasteiger partial charge in [0.2, 0.25) is 0 Å². The smallest absolute Gasteiger partial charge is 0.0593 e. The quantitative estimate of drug-likeness (QED) is 0.785. The standard InChI is InChI=1S/C13H15BrN2/c1-11-7-8-16(15-11)10-13(9-14)12-5-3-2-4-6-12/h2-8,13H,9-10H2,1H3. The molecule has 0 fully saturated rings. The van der Waals surface area contributed by atoms with Crippen molar-refractivity contribution in [2.24, 2.45) is 0 Å². The maximum Gasteiger partial charge on any atom is 0.0593 e. The van der Waals surface area contributed by atoms with E-state index in [1.54, 1.807) is 0 Å². The molecule has 2 rings (SSSR count). The van der Waals surface area contributed by atoms with Gasteiger partial charge in [-0.25, -0.2) is 0 Å². The zero-order valence-corrected chi connectivity index (χ0v) is 10.9. The molecular formula is C13H15BrN2. The summed E-state index contributed by atoms with van der Waals surface area (Å²) in [5, 5.41) is 5.37. The molecule has 84 valence electrons. The summed E-state index contributed by atoms with van der Waals surface area (Å²) in [6.07, 6.45) is 2.04. The Hall–Kier alpha value is -1.09. The van der Waals surface area contributed by atoms with E-state index in [2.05, 4.69) is 45.3 Å². The Balaban J connectivity index is 2.12. The third-order valence-corrected chi connectivity index (χ3v) is 3.42. The number of aromatic nitrogens is 2. The molecule has 2 nitrogen and oxygen atoms in total. The third-order valence-electron chi connectivity index (χ3n) is 2.64. The van der Waals surface area contributed by atoms with E-state index in [9.17, 15) is 0 Å². The number of benzene rings is 1. The van der Waals surface area contributed by atoms with Gasteiger partial charge in [0.1, 0.15) is 0 Å². The van der Waals surface area contributed by atoms with Crippen LogP contribution >= 0.6 is 15.9 Å². The Morgan fingerprint density at radius 3 is 2.56 bits per heavy atom. The van der Waals surface area contributed by atoms with Gasteiger partial charge in [-0.1, -0.05) is 46.3 Å². The topological polar surface area (TPSA) is 17.8 Å². The number of rotatable bonds is 4. The van der Waals surface area contributed by atoms with Crippen LogP contribution in [0.5, 0.6) is 0 Å². The number of hydrogen-bond donors (Lipinski definition) is 0. The molecule has 2 aromatic rings. The average molecular weight is 279 g/mol. The maximum atomic E-state index is 4.42. The minimum atomic E-state index is 0.473. The fourth-order valence-corrected chi connectivity index (χ4v) is 2.34. The van der Waals surface area contributed by atoms with Crippen molar-refractivity contribution in [3.8, 4) is 0 Å². The molecule has 0 aliphatic rings. The normalized spacial score (nSPS) is 12.6. The predicted molar refractivity (Wildman–Crippen MR) is 69.9 cm³/mol. The van der Waals surface area contributed by atoms with Gasteiger partial charge in [-0.15, -0.1) is 0 Å². The lowest BCUT2D eigenvalue weighted by molar-refractivity contribution is 0.547. The molecule has 0 N–H and O–H groups in total. The molecule has 3 heteroatoms. The van der Waals surface area contributed by atoms with Gasteiger partial charge in [0, 0.05) is 24.0 Å². The van der Waals surface area contributed by atoms with E-state index in [0.717, 1.165) is 17.6 Å². The van der Waals surface area contributed by atoms with E-state index in [0.29, 0.717) is 5.92 Å². The van der Waals surface area contributed by atoms with Crippen molar-refractivity contribution < 1.29 is 0 Å². The molecular weight excluding hydrogens is 264 g/mol. The lowest BCUT2D eigenvalue weighted by atomic mass is 10.0. The average Bonchev–Trinajstić information content (AvgIpc) is 2.73. The number of nitrogens with zero attached hydrogens (tertiary/aromatic N) is 2. The molecule has 16 heavy (non-hydrogen) atoms. The van der Waals surface area contributed by atoms with E-state index >= 15 is 0 Å². The molecule has 0 bridgehead atoms. The molecule has 1 unspecified atom stereocenters. The molecule has 0 spiro atoms. The Morgan fingerprint density at radius 2 is 2.00 bits per heavy atom. The van der Waals surface area contributed by atoms with Crippen LogP contribution in [0.1, 0.15) is 17.2 Å². The molecule has 1 heterocycles. The third kappa shape index (κ3) is 2.73. The summed E-state index contributed by atoms with van der Waals surface area (Å²) in [4.78, 5) is 0. The summed E-state index contributed by atoms with van der Waals surface area (Å²) < 4.78 is 2.01. The first kappa shape index (κ1) is 11.4. The first-order chi connectivity index (χ1) is 7.79. The highest BCUT2D eigenvalue weighted by atomic mass is 79.9. The Morgan fingerprint density at radius 1 is 1.25 bits per heavy atom. The van der Waals surface area contributed by atoms with Crippen molar-refractivity contribution in [1.82, 2.24) is 9.78 Å². The summed E-state index contributed by atoms with van der Waals surface area (Å²) in [6, 6.07) is 12.6. The van der Waals surface area contributed by atoms with Gasteiger partial charge in [-0.2, -0.15) is 5.10 Å². The molecule has 0 amide bonds. The Bertz CT molecular complexity index is 436. The van der Waals surface area contributed by atoms with Crippen molar-refractivity contribution in [2.45, 2.75) is 19.4 Å². The van der Waals surface area contributed by atoms with Crippen molar-refractivity contribution in [1.29, 1.82) is 0 Å². The van der Waals surface area contributed by atoms with Gasteiger partial charge in [0.25, 0.3) is 0 Å². The van der Waals surface area contributed by atoms with Crippen LogP contribution < -0.4 is 0 Å². The Kier molecular flexibility index (Phi) is 3.78. The van der Waals surface area contributed by atoms with E-state index in [-0.39, 0.29) is 0 Å². The van der Waals surface area contributed by atoms with Gasteiger partial charge in [0.15, 0.2) is 0 Å². The zero-order valence-electron chi connectivity index (χ0n) is 9.31. The van der Waals surface area contributed by atoms with Gasteiger partial charge in [-0.3, -0.25) is 4.68 Å². The van der Waals surface area contributed by atoms with E-state index in [4.69, 9.17) is 0 Å². The molecule has 0 saturated heterocycles. The lowest BCUT2D eigenvalue weighted by Gasteiger charge is -2.14. The summed E-state index contributed by atoms with van der Waals surface area (Å²) in [6.45, 7) is 2.94. The second-order valence-corrected chi connectivity index (χ2v) is 4.59. The molecule has 1 aromatic heterocycles. The molecule has 0 aliphatic carbocycles. The second-order valence-electron chi connectivity index (χ2n) is 3.94. The molecule has 1 aromatic carbocycles. The zero-order chi connectivity index (χ0) is 11.4. The van der Waals surface area contributed by atoms with Crippen molar-refractivity contribution in [2.75, 3.05) is 5.33 Å². The molecule has 1 atom stereocenters. The number of hydrogen-bond acceptors (Lipinski definition) is 1. The summed E-state index contributed by atoms with van der Waals surface area (Å²) in [7, 11) is 0. The van der Waals surface area contributed by atoms with Gasteiger partial charge in [0.05, 0.1) is 5.69 Å². The maximum absolute atomic E-state index is 4.42. The van der Waals surface area contributed by atoms with Gasteiger partial charge >= 0.3 is 0 Å². The highest BCUT2D eigenvalue weighted by molar-refractivity contribution is 9.09. The summed E-state index contributed by atoms with van der Waals surface area (Å²) in [5.41, 5.74) is 2.42. The number of halogens is 1. The van der Waals surface area contributed by atoms with Crippen LogP contribution in [-0.2, 0) is 6.54 Å². The lowest BCUT2D eigenvalue weighted by Crippen LogP contribution is -2.11. The van der Waals surface area contributed by atoms with Crippen LogP contribution in [0.4, 0.5) is 0 Å². The molecule has 0 saturated carbocycles. The SMILES string of the molecule is Cc1ccn(CC(CBr)c2ccccc2)n1. The monoisotopic (exact) mass is 278 g/mol. The molecule has 0 radical (unpaired) electrons. The molecule has 0 aliphatic heterocycles.